The van der Waals surface area contributed by atoms with E-state index in [1.54, 1.807) is 12.3 Å². The maximum absolute atomic E-state index is 6.20. The number of hydrogen-bond acceptors (Lipinski definition) is 6. The Hall–Kier alpha value is -3.94. The predicted octanol–water partition coefficient (Wildman–Crippen LogP) is 4.13. The van der Waals surface area contributed by atoms with Crippen LogP contribution in [0.1, 0.15) is 30.5 Å². The quantitative estimate of drug-likeness (QED) is 0.471. The summed E-state index contributed by atoms with van der Waals surface area (Å²) in [5.74, 6) is 1.63. The monoisotopic (exact) mass is 440 g/mol. The number of fused-ring (bicyclic) bond motifs is 1. The van der Waals surface area contributed by atoms with Gasteiger partial charge in [0, 0.05) is 49.9 Å². The molecule has 0 bridgehead atoms. The van der Waals surface area contributed by atoms with Crippen LogP contribution in [0.2, 0.25) is 0 Å². The van der Waals surface area contributed by atoms with Crippen molar-refractivity contribution in [3.8, 4) is 11.4 Å². The lowest BCUT2D eigenvalue weighted by Crippen LogP contribution is -2.31. The Balaban J connectivity index is 1.53. The number of aryl methyl sites for hydroxylation is 2. The average molecular weight is 441 g/mol. The first kappa shape index (κ1) is 20.9. The summed E-state index contributed by atoms with van der Waals surface area (Å²) in [4.78, 5) is 11.7. The first-order chi connectivity index (χ1) is 16.1. The normalized spacial score (nSPS) is 15.1. The molecule has 1 saturated heterocycles. The molecule has 2 N–H and O–H groups in total. The molecule has 1 aromatic carbocycles. The minimum absolute atomic E-state index is 0.629. The molecule has 1 aliphatic rings. The largest absolute Gasteiger partial charge is 0.398 e. The van der Waals surface area contributed by atoms with E-state index in [4.69, 9.17) is 15.8 Å². The number of rotatable bonds is 5. The third kappa shape index (κ3) is 4.37. The summed E-state index contributed by atoms with van der Waals surface area (Å²) in [5.41, 5.74) is 11.3. The van der Waals surface area contributed by atoms with Crippen molar-refractivity contribution in [3.05, 3.63) is 65.9 Å². The van der Waals surface area contributed by atoms with Crippen molar-refractivity contribution in [2.24, 2.45) is 17.8 Å². The van der Waals surface area contributed by atoms with Gasteiger partial charge in [-0.05, 0) is 43.9 Å². The third-order valence-corrected chi connectivity index (χ3v) is 6.02. The second-order valence-corrected chi connectivity index (χ2v) is 8.38. The van der Waals surface area contributed by atoms with E-state index in [2.05, 4.69) is 15.0 Å². The van der Waals surface area contributed by atoms with E-state index in [0.29, 0.717) is 11.5 Å². The summed E-state index contributed by atoms with van der Waals surface area (Å²) in [6, 6.07) is 15.9. The van der Waals surface area contributed by atoms with Crippen molar-refractivity contribution in [2.45, 2.75) is 26.2 Å². The van der Waals surface area contributed by atoms with Crippen LogP contribution in [0, 0.1) is 6.92 Å². The van der Waals surface area contributed by atoms with Gasteiger partial charge in [0.25, 0.3) is 0 Å². The van der Waals surface area contributed by atoms with Gasteiger partial charge in [0.15, 0.2) is 11.5 Å². The third-order valence-electron chi connectivity index (χ3n) is 6.02. The Bertz CT molecular complexity index is 1300. The second-order valence-electron chi connectivity index (χ2n) is 8.38. The van der Waals surface area contributed by atoms with E-state index in [1.807, 2.05) is 71.7 Å². The zero-order valence-corrected chi connectivity index (χ0v) is 19.0. The smallest absolute Gasteiger partial charge is 0.160 e. The number of hydrogen-bond donors (Lipinski definition) is 1. The molecule has 168 valence electrons. The van der Waals surface area contributed by atoms with Crippen molar-refractivity contribution in [1.29, 1.82) is 0 Å². The van der Waals surface area contributed by atoms with E-state index in [-0.39, 0.29) is 0 Å². The molecule has 0 atom stereocenters. The Morgan fingerprint density at radius 1 is 1.00 bits per heavy atom. The minimum Gasteiger partial charge on any atom is -0.398 e. The fourth-order valence-corrected chi connectivity index (χ4v) is 4.09. The van der Waals surface area contributed by atoms with E-state index < -0.39 is 0 Å². The molecular weight excluding hydrogens is 412 g/mol. The fraction of sp³-hybridized carbons (Fsp3) is 0.280. The van der Waals surface area contributed by atoms with Crippen LogP contribution in [0.25, 0.3) is 22.7 Å². The molecule has 0 radical (unpaired) electrons. The van der Waals surface area contributed by atoms with Crippen LogP contribution in [0.3, 0.4) is 0 Å². The number of aromatic nitrogens is 5. The molecule has 8 nitrogen and oxygen atoms in total. The second kappa shape index (κ2) is 8.90. The van der Waals surface area contributed by atoms with Crippen LogP contribution in [0.15, 0.2) is 59.6 Å². The Morgan fingerprint density at radius 2 is 1.76 bits per heavy atom. The van der Waals surface area contributed by atoms with Gasteiger partial charge in [0.1, 0.15) is 17.2 Å². The average Bonchev–Trinajstić information content (AvgIpc) is 3.42. The molecular formula is C25H28N8. The highest BCUT2D eigenvalue weighted by atomic mass is 15.4. The summed E-state index contributed by atoms with van der Waals surface area (Å²) < 4.78 is 3.77. The van der Waals surface area contributed by atoms with Crippen molar-refractivity contribution < 1.29 is 0 Å². The molecule has 0 aliphatic carbocycles. The highest BCUT2D eigenvalue weighted by Crippen LogP contribution is 2.27. The van der Waals surface area contributed by atoms with Gasteiger partial charge in [-0.25, -0.2) is 9.98 Å². The standard InChI is InChI=1S/C25H28N8/c1-18-15-21(29-31(18)2)22-16-24-28-23(27-12-11-20(26)19-9-5-3-6-10-19)17-25(33(24)30-22)32-13-7-4-8-14-32/h3,5-6,9-12,15-17H,4,7-8,13-14,26H2,1-2H3. The molecule has 4 aromatic rings. The van der Waals surface area contributed by atoms with Crippen LogP contribution >= 0.6 is 0 Å². The van der Waals surface area contributed by atoms with Crippen molar-refractivity contribution in [2.75, 3.05) is 18.0 Å². The molecule has 0 saturated carbocycles. The number of nitrogens with two attached hydrogens (primary N) is 1. The van der Waals surface area contributed by atoms with Gasteiger partial charge in [-0.3, -0.25) is 4.68 Å². The summed E-state index contributed by atoms with van der Waals surface area (Å²) in [6.45, 7) is 4.03. The summed E-state index contributed by atoms with van der Waals surface area (Å²) in [7, 11) is 1.94. The lowest BCUT2D eigenvalue weighted by atomic mass is 10.1. The number of allylic oxidation sites excluding steroid dienone is 1. The maximum Gasteiger partial charge on any atom is 0.160 e. The van der Waals surface area contributed by atoms with Gasteiger partial charge >= 0.3 is 0 Å². The van der Waals surface area contributed by atoms with E-state index in [1.165, 1.54) is 19.3 Å². The van der Waals surface area contributed by atoms with Crippen LogP contribution in [0.4, 0.5) is 11.6 Å². The van der Waals surface area contributed by atoms with Gasteiger partial charge in [-0.2, -0.15) is 14.7 Å². The fourth-order valence-electron chi connectivity index (χ4n) is 4.09. The van der Waals surface area contributed by atoms with E-state index in [0.717, 1.165) is 47.2 Å². The number of benzene rings is 1. The number of nitrogens with zero attached hydrogens (tertiary/aromatic N) is 7. The van der Waals surface area contributed by atoms with Gasteiger partial charge < -0.3 is 10.6 Å². The summed E-state index contributed by atoms with van der Waals surface area (Å²) >= 11 is 0. The molecule has 4 heterocycles. The predicted molar refractivity (Wildman–Crippen MR) is 133 cm³/mol. The van der Waals surface area contributed by atoms with Crippen molar-refractivity contribution in [1.82, 2.24) is 24.4 Å². The highest BCUT2D eigenvalue weighted by molar-refractivity contribution is 5.85. The van der Waals surface area contributed by atoms with E-state index >= 15 is 0 Å². The summed E-state index contributed by atoms with van der Waals surface area (Å²) in [5, 5.41) is 9.44. The highest BCUT2D eigenvalue weighted by Gasteiger charge is 2.18. The van der Waals surface area contributed by atoms with Crippen LogP contribution in [-0.4, -0.2) is 43.7 Å². The minimum atomic E-state index is 0.629. The number of aliphatic imine (C=N–C) groups is 1. The van der Waals surface area contributed by atoms with Gasteiger partial charge in [0.05, 0.1) is 0 Å². The maximum atomic E-state index is 6.20. The first-order valence-electron chi connectivity index (χ1n) is 11.3. The van der Waals surface area contributed by atoms with Gasteiger partial charge in [0.2, 0.25) is 0 Å². The Kier molecular flexibility index (Phi) is 5.64. The van der Waals surface area contributed by atoms with Crippen molar-refractivity contribution >= 4 is 29.2 Å². The van der Waals surface area contributed by atoms with Crippen LogP contribution in [-0.2, 0) is 7.05 Å². The molecule has 33 heavy (non-hydrogen) atoms. The molecule has 0 unspecified atom stereocenters. The zero-order chi connectivity index (χ0) is 22.8. The molecule has 0 amide bonds. The summed E-state index contributed by atoms with van der Waals surface area (Å²) in [6.07, 6.45) is 7.12. The lowest BCUT2D eigenvalue weighted by Gasteiger charge is -2.28. The molecule has 1 aliphatic heterocycles. The topological polar surface area (TPSA) is 89.6 Å². The Labute approximate surface area is 193 Å². The van der Waals surface area contributed by atoms with E-state index in [9.17, 15) is 0 Å². The van der Waals surface area contributed by atoms with Gasteiger partial charge in [-0.1, -0.05) is 30.3 Å². The molecule has 8 heteroatoms. The Morgan fingerprint density at radius 3 is 2.48 bits per heavy atom. The first-order valence-corrected chi connectivity index (χ1v) is 11.3. The van der Waals surface area contributed by atoms with Crippen LogP contribution in [0.5, 0.6) is 0 Å². The zero-order valence-electron chi connectivity index (χ0n) is 19.0. The number of anilines is 1. The molecule has 0 spiro atoms. The van der Waals surface area contributed by atoms with Crippen LogP contribution < -0.4 is 10.6 Å². The molecule has 1 fully saturated rings. The molecule has 5 rings (SSSR count). The van der Waals surface area contributed by atoms with Crippen molar-refractivity contribution in [3.63, 3.8) is 0 Å². The SMILES string of the molecule is Cc1cc(-c2cc3nc(N=CC=C(N)c4ccccc4)cc(N4CCCCC4)n3n2)nn1C. The molecule has 3 aromatic heterocycles. The lowest BCUT2D eigenvalue weighted by molar-refractivity contribution is 0.568. The van der Waals surface area contributed by atoms with Gasteiger partial charge in [-0.15, -0.1) is 0 Å². The number of piperidine rings is 1.